The van der Waals surface area contributed by atoms with Gasteiger partial charge in [-0.05, 0) is 35.9 Å². The number of benzene rings is 7. The van der Waals surface area contributed by atoms with Crippen LogP contribution in [0, 0.1) is 0 Å². The average molecular weight is 655 g/mol. The fourth-order valence-corrected chi connectivity index (χ4v) is 7.68. The summed E-state index contributed by atoms with van der Waals surface area (Å²) >= 11 is 0. The van der Waals surface area contributed by atoms with E-state index < -0.39 is 0 Å². The van der Waals surface area contributed by atoms with Crippen molar-refractivity contribution in [2.45, 2.75) is 0 Å². The second-order valence-corrected chi connectivity index (χ2v) is 12.8. The van der Waals surface area contributed by atoms with E-state index in [-0.39, 0.29) is 0 Å². The Kier molecular flexibility index (Phi) is 5.86. The summed E-state index contributed by atoms with van der Waals surface area (Å²) in [6.07, 6.45) is 0. The predicted octanol–water partition coefficient (Wildman–Crippen LogP) is 11.8. The summed E-state index contributed by atoms with van der Waals surface area (Å²) in [6.45, 7) is 0. The molecule has 0 aliphatic heterocycles. The monoisotopic (exact) mass is 654 g/mol. The van der Waals surface area contributed by atoms with Crippen molar-refractivity contribution >= 4 is 65.7 Å². The van der Waals surface area contributed by atoms with Crippen LogP contribution in [0.3, 0.4) is 0 Å². The van der Waals surface area contributed by atoms with E-state index in [1.54, 1.807) is 0 Å². The number of para-hydroxylation sites is 4. The quantitative estimate of drug-likeness (QED) is 0.189. The summed E-state index contributed by atoms with van der Waals surface area (Å²) in [5, 5.41) is 6.38. The Balaban J connectivity index is 1.19. The van der Waals surface area contributed by atoms with Gasteiger partial charge < -0.3 is 8.83 Å². The van der Waals surface area contributed by atoms with Gasteiger partial charge in [-0.25, -0.2) is 4.98 Å². The highest BCUT2D eigenvalue weighted by molar-refractivity contribution is 6.19. The van der Waals surface area contributed by atoms with Gasteiger partial charge in [-0.1, -0.05) is 127 Å². The number of rotatable bonds is 4. The molecule has 0 saturated heterocycles. The molecule has 0 saturated carbocycles. The molecule has 6 heteroatoms. The Morgan fingerprint density at radius 3 is 1.71 bits per heavy atom. The summed E-state index contributed by atoms with van der Waals surface area (Å²) in [7, 11) is 0. The summed E-state index contributed by atoms with van der Waals surface area (Å²) in [5.74, 6) is 1.73. The molecule has 0 spiro atoms. The van der Waals surface area contributed by atoms with Crippen LogP contribution in [-0.4, -0.2) is 19.5 Å². The van der Waals surface area contributed by atoms with Crippen molar-refractivity contribution in [3.8, 4) is 39.9 Å². The minimum Gasteiger partial charge on any atom is -0.456 e. The van der Waals surface area contributed by atoms with Crippen molar-refractivity contribution in [1.29, 1.82) is 0 Å². The fourth-order valence-electron chi connectivity index (χ4n) is 7.68. The molecule has 0 bridgehead atoms. The maximum Gasteiger partial charge on any atom is 0.238 e. The number of furan rings is 2. The molecular weight excluding hydrogens is 629 g/mol. The predicted molar refractivity (Wildman–Crippen MR) is 205 cm³/mol. The molecule has 11 rings (SSSR count). The van der Waals surface area contributed by atoms with Gasteiger partial charge in [0.2, 0.25) is 5.95 Å². The van der Waals surface area contributed by atoms with Gasteiger partial charge in [0, 0.05) is 49.0 Å². The largest absolute Gasteiger partial charge is 0.456 e. The molecule has 7 aromatic carbocycles. The van der Waals surface area contributed by atoms with E-state index in [0.29, 0.717) is 17.6 Å². The fraction of sp³-hybridized carbons (Fsp3) is 0. The molecule has 0 fully saturated rings. The van der Waals surface area contributed by atoms with E-state index in [2.05, 4.69) is 89.5 Å². The number of nitrogens with zero attached hydrogens (tertiary/aromatic N) is 4. The second kappa shape index (κ2) is 10.7. The highest BCUT2D eigenvalue weighted by Crippen LogP contribution is 2.43. The molecule has 238 valence electrons. The van der Waals surface area contributed by atoms with Gasteiger partial charge in [0.05, 0.1) is 11.0 Å². The first-order chi connectivity index (χ1) is 25.3. The van der Waals surface area contributed by atoms with Gasteiger partial charge in [0.1, 0.15) is 22.3 Å². The first-order valence-corrected chi connectivity index (χ1v) is 17.0. The molecule has 0 aliphatic rings. The average Bonchev–Trinajstić information content (AvgIpc) is 3.88. The normalized spacial score (nSPS) is 11.9. The lowest BCUT2D eigenvalue weighted by Crippen LogP contribution is -2.06. The Morgan fingerprint density at radius 2 is 0.922 bits per heavy atom. The lowest BCUT2D eigenvalue weighted by atomic mass is 9.97. The molecule has 51 heavy (non-hydrogen) atoms. The number of hydrogen-bond donors (Lipinski definition) is 0. The van der Waals surface area contributed by atoms with Gasteiger partial charge in [-0.3, -0.25) is 4.57 Å². The number of fused-ring (bicyclic) bond motifs is 9. The molecule has 0 radical (unpaired) electrons. The first kappa shape index (κ1) is 27.9. The minimum absolute atomic E-state index is 0.556. The summed E-state index contributed by atoms with van der Waals surface area (Å²) in [4.78, 5) is 15.5. The molecule has 0 unspecified atom stereocenters. The topological polar surface area (TPSA) is 69.9 Å². The Labute approximate surface area is 290 Å². The van der Waals surface area contributed by atoms with Crippen LogP contribution in [0.15, 0.2) is 167 Å². The molecular formula is C45H26N4O2. The number of aromatic nitrogens is 4. The molecule has 0 amide bonds. The van der Waals surface area contributed by atoms with Crippen molar-refractivity contribution < 1.29 is 8.83 Å². The zero-order valence-electron chi connectivity index (χ0n) is 27.1. The van der Waals surface area contributed by atoms with E-state index in [1.165, 1.54) is 0 Å². The molecule has 11 aromatic rings. The Bertz CT molecular complexity index is 3100. The standard InChI is InChI=1S/C45H26N4O2/c1-2-13-27(14-3-1)43-46-44(48-45(47-43)49-35-22-7-4-15-28(35)29-16-5-8-23-36(29)49)34-21-12-26-39-41(34)33-20-10-19-31(42(33)51-39)30-18-11-25-38-40(30)32-17-6-9-24-37(32)50-38/h1-26H. The summed E-state index contributed by atoms with van der Waals surface area (Å²) < 4.78 is 15.2. The molecule has 4 heterocycles. The van der Waals surface area contributed by atoms with E-state index in [0.717, 1.165) is 87.9 Å². The first-order valence-electron chi connectivity index (χ1n) is 17.0. The molecule has 4 aromatic heterocycles. The smallest absolute Gasteiger partial charge is 0.238 e. The van der Waals surface area contributed by atoms with Gasteiger partial charge >= 0.3 is 0 Å². The molecule has 0 atom stereocenters. The maximum atomic E-state index is 6.76. The second-order valence-electron chi connectivity index (χ2n) is 12.8. The van der Waals surface area contributed by atoms with Gasteiger partial charge in [0.25, 0.3) is 0 Å². The van der Waals surface area contributed by atoms with E-state index >= 15 is 0 Å². The van der Waals surface area contributed by atoms with Crippen LogP contribution in [0.1, 0.15) is 0 Å². The third-order valence-corrected chi connectivity index (χ3v) is 9.89. The maximum absolute atomic E-state index is 6.76. The van der Waals surface area contributed by atoms with E-state index in [1.807, 2.05) is 72.8 Å². The highest BCUT2D eigenvalue weighted by Gasteiger charge is 2.22. The Hall–Kier alpha value is -7.05. The van der Waals surface area contributed by atoms with Crippen LogP contribution in [0.4, 0.5) is 0 Å². The third kappa shape index (κ3) is 4.14. The minimum atomic E-state index is 0.556. The lowest BCUT2D eigenvalue weighted by molar-refractivity contribution is 0.668. The van der Waals surface area contributed by atoms with Crippen molar-refractivity contribution in [1.82, 2.24) is 19.5 Å². The SMILES string of the molecule is c1ccc(-c2nc(-c3cccc4oc5c(-c6cccc7oc8ccccc8c67)cccc5c34)nc(-n3c4ccccc4c4ccccc43)n2)cc1. The zero-order chi connectivity index (χ0) is 33.5. The van der Waals surface area contributed by atoms with Crippen molar-refractivity contribution in [2.24, 2.45) is 0 Å². The van der Waals surface area contributed by atoms with Crippen molar-refractivity contribution in [2.75, 3.05) is 0 Å². The van der Waals surface area contributed by atoms with Crippen LogP contribution in [0.5, 0.6) is 0 Å². The van der Waals surface area contributed by atoms with Gasteiger partial charge in [-0.2, -0.15) is 9.97 Å². The summed E-state index contributed by atoms with van der Waals surface area (Å²) in [6, 6.07) is 53.7. The van der Waals surface area contributed by atoms with Crippen LogP contribution >= 0.6 is 0 Å². The van der Waals surface area contributed by atoms with E-state index in [9.17, 15) is 0 Å². The third-order valence-electron chi connectivity index (χ3n) is 9.89. The number of hydrogen-bond acceptors (Lipinski definition) is 5. The molecule has 6 nitrogen and oxygen atoms in total. The van der Waals surface area contributed by atoms with Gasteiger partial charge in [-0.15, -0.1) is 0 Å². The van der Waals surface area contributed by atoms with Crippen LogP contribution in [0.25, 0.3) is 106 Å². The van der Waals surface area contributed by atoms with Crippen molar-refractivity contribution in [3.63, 3.8) is 0 Å². The Morgan fingerprint density at radius 1 is 0.373 bits per heavy atom. The highest BCUT2D eigenvalue weighted by atomic mass is 16.3. The zero-order valence-corrected chi connectivity index (χ0v) is 27.1. The van der Waals surface area contributed by atoms with Crippen LogP contribution in [0.2, 0.25) is 0 Å². The van der Waals surface area contributed by atoms with Crippen LogP contribution < -0.4 is 0 Å². The van der Waals surface area contributed by atoms with Crippen molar-refractivity contribution in [3.05, 3.63) is 158 Å². The molecule has 0 N–H and O–H groups in total. The summed E-state index contributed by atoms with van der Waals surface area (Å²) in [5.41, 5.74) is 9.19. The van der Waals surface area contributed by atoms with Crippen LogP contribution in [-0.2, 0) is 0 Å². The molecule has 0 aliphatic carbocycles. The van der Waals surface area contributed by atoms with Gasteiger partial charge in [0.15, 0.2) is 11.6 Å². The van der Waals surface area contributed by atoms with E-state index in [4.69, 9.17) is 23.8 Å². The lowest BCUT2D eigenvalue weighted by Gasteiger charge is -2.11.